The van der Waals surface area contributed by atoms with Crippen molar-refractivity contribution in [2.24, 2.45) is 0 Å². The van der Waals surface area contributed by atoms with Crippen LogP contribution in [0.2, 0.25) is 0 Å². The Morgan fingerprint density at radius 2 is 1.71 bits per heavy atom. The van der Waals surface area contributed by atoms with Crippen LogP contribution in [0.3, 0.4) is 0 Å². The Bertz CT molecular complexity index is 705. The summed E-state index contributed by atoms with van der Waals surface area (Å²) in [5.41, 5.74) is 4.31. The van der Waals surface area contributed by atoms with Crippen molar-refractivity contribution in [2.45, 2.75) is 33.7 Å². The summed E-state index contributed by atoms with van der Waals surface area (Å²) in [6.07, 6.45) is 0. The van der Waals surface area contributed by atoms with Crippen LogP contribution in [-0.4, -0.2) is 19.6 Å². The second-order valence-corrected chi connectivity index (χ2v) is 6.15. The summed E-state index contributed by atoms with van der Waals surface area (Å²) in [5.74, 6) is 1.32. The minimum atomic E-state index is -0.162. The van der Waals surface area contributed by atoms with E-state index in [2.05, 4.69) is 11.4 Å². The van der Waals surface area contributed by atoms with Crippen molar-refractivity contribution in [1.29, 1.82) is 0 Å². The average Bonchev–Trinajstić information content (AvgIpc) is 2.52. The van der Waals surface area contributed by atoms with E-state index in [4.69, 9.17) is 9.47 Å². The lowest BCUT2D eigenvalue weighted by Gasteiger charge is -2.18. The normalized spacial score (nSPS) is 11.7. The lowest BCUT2D eigenvalue weighted by molar-refractivity contribution is -0.123. The third-order valence-corrected chi connectivity index (χ3v) is 3.79. The van der Waals surface area contributed by atoms with Crippen LogP contribution < -0.4 is 14.8 Å². The fourth-order valence-electron chi connectivity index (χ4n) is 2.72. The smallest absolute Gasteiger partial charge is 0.258 e. The molecule has 0 saturated heterocycles. The fourth-order valence-corrected chi connectivity index (χ4v) is 2.72. The van der Waals surface area contributed by atoms with Crippen molar-refractivity contribution in [3.63, 3.8) is 0 Å². The molecule has 0 aliphatic rings. The number of nitrogens with one attached hydrogen (secondary N) is 1. The van der Waals surface area contributed by atoms with E-state index in [-0.39, 0.29) is 18.6 Å². The quantitative estimate of drug-likeness (QED) is 0.876. The van der Waals surface area contributed by atoms with Crippen LogP contribution in [0.1, 0.15) is 35.2 Å². The Morgan fingerprint density at radius 1 is 1.04 bits per heavy atom. The number of ether oxygens (including phenoxy) is 2. The third kappa shape index (κ3) is 4.75. The molecule has 0 heterocycles. The van der Waals surface area contributed by atoms with E-state index in [1.165, 1.54) is 0 Å². The van der Waals surface area contributed by atoms with Crippen LogP contribution in [0, 0.1) is 20.8 Å². The van der Waals surface area contributed by atoms with Crippen molar-refractivity contribution in [2.75, 3.05) is 13.7 Å². The zero-order chi connectivity index (χ0) is 17.7. The van der Waals surface area contributed by atoms with Gasteiger partial charge in [0.25, 0.3) is 5.91 Å². The first kappa shape index (κ1) is 17.9. The van der Waals surface area contributed by atoms with Crippen LogP contribution >= 0.6 is 0 Å². The van der Waals surface area contributed by atoms with Gasteiger partial charge < -0.3 is 14.8 Å². The molecule has 2 rings (SSSR count). The maximum atomic E-state index is 12.2. The number of aryl methyl sites for hydroxylation is 3. The van der Waals surface area contributed by atoms with Crippen molar-refractivity contribution in [3.05, 3.63) is 58.7 Å². The molecule has 1 atom stereocenters. The fraction of sp³-hybridized carbons (Fsp3) is 0.350. The third-order valence-electron chi connectivity index (χ3n) is 3.79. The molecule has 2 aromatic carbocycles. The van der Waals surface area contributed by atoms with Crippen molar-refractivity contribution >= 4 is 5.91 Å². The molecule has 1 amide bonds. The highest BCUT2D eigenvalue weighted by Gasteiger charge is 2.14. The number of methoxy groups -OCH3 is 1. The van der Waals surface area contributed by atoms with Gasteiger partial charge in [0.15, 0.2) is 6.61 Å². The van der Waals surface area contributed by atoms with Gasteiger partial charge in [0.2, 0.25) is 0 Å². The van der Waals surface area contributed by atoms with Crippen LogP contribution in [0.5, 0.6) is 11.5 Å². The number of carbonyl (C=O) groups is 1. The molecule has 128 valence electrons. The van der Waals surface area contributed by atoms with Gasteiger partial charge in [-0.15, -0.1) is 0 Å². The van der Waals surface area contributed by atoms with Gasteiger partial charge in [-0.2, -0.15) is 0 Å². The summed E-state index contributed by atoms with van der Waals surface area (Å²) in [5, 5.41) is 2.95. The van der Waals surface area contributed by atoms with Gasteiger partial charge in [-0.3, -0.25) is 4.79 Å². The first-order valence-electron chi connectivity index (χ1n) is 8.04. The van der Waals surface area contributed by atoms with Crippen molar-refractivity contribution in [3.8, 4) is 11.5 Å². The van der Waals surface area contributed by atoms with Crippen LogP contribution in [0.4, 0.5) is 0 Å². The van der Waals surface area contributed by atoms with Gasteiger partial charge in [0, 0.05) is 5.56 Å². The monoisotopic (exact) mass is 327 g/mol. The molecule has 4 heteroatoms. The molecule has 0 spiro atoms. The highest BCUT2D eigenvalue weighted by Crippen LogP contribution is 2.26. The molecule has 0 aromatic heterocycles. The Kier molecular flexibility index (Phi) is 5.85. The molecule has 0 fully saturated rings. The maximum Gasteiger partial charge on any atom is 0.258 e. The predicted molar refractivity (Wildman–Crippen MR) is 95.7 cm³/mol. The molecular formula is C20H25NO3. The average molecular weight is 327 g/mol. The van der Waals surface area contributed by atoms with E-state index in [1.807, 2.05) is 58.0 Å². The van der Waals surface area contributed by atoms with E-state index in [0.29, 0.717) is 5.75 Å². The Balaban J connectivity index is 1.98. The van der Waals surface area contributed by atoms with E-state index < -0.39 is 0 Å². The van der Waals surface area contributed by atoms with Crippen molar-refractivity contribution < 1.29 is 14.3 Å². The van der Waals surface area contributed by atoms with Crippen molar-refractivity contribution in [1.82, 2.24) is 5.32 Å². The van der Waals surface area contributed by atoms with Gasteiger partial charge in [0.05, 0.1) is 13.2 Å². The standard InChI is InChI=1S/C20H25NO3/c1-13-6-7-19(23-5)18(11-13)16(4)21-20(22)12-24-17-9-14(2)8-15(3)10-17/h6-11,16H,12H2,1-5H3,(H,21,22). The highest BCUT2D eigenvalue weighted by molar-refractivity contribution is 5.78. The summed E-state index contributed by atoms with van der Waals surface area (Å²) in [7, 11) is 1.63. The van der Waals surface area contributed by atoms with E-state index >= 15 is 0 Å². The summed E-state index contributed by atoms with van der Waals surface area (Å²) in [6.45, 7) is 7.95. The number of amides is 1. The summed E-state index contributed by atoms with van der Waals surface area (Å²) < 4.78 is 11.0. The van der Waals surface area contributed by atoms with Crippen LogP contribution in [0.15, 0.2) is 36.4 Å². The Hall–Kier alpha value is -2.49. The van der Waals surface area contributed by atoms with Crippen LogP contribution in [-0.2, 0) is 4.79 Å². The van der Waals surface area contributed by atoms with Gasteiger partial charge in [-0.05, 0) is 57.0 Å². The van der Waals surface area contributed by atoms with E-state index in [1.54, 1.807) is 7.11 Å². The molecule has 0 aliphatic heterocycles. The number of hydrogen-bond acceptors (Lipinski definition) is 3. The molecule has 4 nitrogen and oxygen atoms in total. The number of rotatable bonds is 6. The predicted octanol–water partition coefficient (Wildman–Crippen LogP) is 3.88. The number of hydrogen-bond donors (Lipinski definition) is 1. The summed E-state index contributed by atoms with van der Waals surface area (Å²) in [6, 6.07) is 11.7. The number of benzene rings is 2. The largest absolute Gasteiger partial charge is 0.496 e. The topological polar surface area (TPSA) is 47.6 Å². The number of carbonyl (C=O) groups excluding carboxylic acids is 1. The molecular weight excluding hydrogens is 302 g/mol. The van der Waals surface area contributed by atoms with Gasteiger partial charge in [-0.1, -0.05) is 23.8 Å². The van der Waals surface area contributed by atoms with Gasteiger partial charge in [-0.25, -0.2) is 0 Å². The van der Waals surface area contributed by atoms with Gasteiger partial charge in [0.1, 0.15) is 11.5 Å². The highest BCUT2D eigenvalue weighted by atomic mass is 16.5. The first-order valence-corrected chi connectivity index (χ1v) is 8.04. The van der Waals surface area contributed by atoms with E-state index in [9.17, 15) is 4.79 Å². The summed E-state index contributed by atoms with van der Waals surface area (Å²) >= 11 is 0. The lowest BCUT2D eigenvalue weighted by atomic mass is 10.0. The minimum absolute atomic E-state index is 0.0125. The Labute approximate surface area is 143 Å². The lowest BCUT2D eigenvalue weighted by Crippen LogP contribution is -2.31. The zero-order valence-corrected chi connectivity index (χ0v) is 15.0. The maximum absolute atomic E-state index is 12.2. The van der Waals surface area contributed by atoms with Gasteiger partial charge >= 0.3 is 0 Å². The molecule has 0 bridgehead atoms. The molecule has 1 unspecified atom stereocenters. The second kappa shape index (κ2) is 7.86. The molecule has 24 heavy (non-hydrogen) atoms. The zero-order valence-electron chi connectivity index (χ0n) is 15.0. The minimum Gasteiger partial charge on any atom is -0.496 e. The molecule has 1 N–H and O–H groups in total. The second-order valence-electron chi connectivity index (χ2n) is 6.15. The van der Waals surface area contributed by atoms with Crippen LogP contribution in [0.25, 0.3) is 0 Å². The molecule has 2 aromatic rings. The summed E-state index contributed by atoms with van der Waals surface area (Å²) in [4.78, 5) is 12.2. The van der Waals surface area contributed by atoms with E-state index in [0.717, 1.165) is 28.0 Å². The Morgan fingerprint density at radius 3 is 2.33 bits per heavy atom. The molecule has 0 aliphatic carbocycles. The molecule has 0 radical (unpaired) electrons. The SMILES string of the molecule is COc1ccc(C)cc1C(C)NC(=O)COc1cc(C)cc(C)c1. The first-order chi connectivity index (χ1) is 11.4. The molecule has 0 saturated carbocycles.